The summed E-state index contributed by atoms with van der Waals surface area (Å²) in [6.45, 7) is 5.29. The molecule has 0 saturated carbocycles. The zero-order valence-corrected chi connectivity index (χ0v) is 17.8. The van der Waals surface area contributed by atoms with E-state index in [1.807, 2.05) is 12.1 Å². The third kappa shape index (κ3) is 4.65. The predicted molar refractivity (Wildman–Crippen MR) is 113 cm³/mol. The lowest BCUT2D eigenvalue weighted by Crippen LogP contribution is -2.46. The van der Waals surface area contributed by atoms with E-state index in [1.165, 1.54) is 16.7 Å². The molecule has 1 N–H and O–H groups in total. The highest BCUT2D eigenvalue weighted by atomic mass is 16.5. The highest BCUT2D eigenvalue weighted by molar-refractivity contribution is 5.73. The normalized spacial score (nSPS) is 17.2. The van der Waals surface area contributed by atoms with E-state index in [0.717, 1.165) is 31.0 Å². The van der Waals surface area contributed by atoms with Gasteiger partial charge in [-0.2, -0.15) is 0 Å². The fourth-order valence-corrected chi connectivity index (χ4v) is 4.16. The van der Waals surface area contributed by atoms with Crippen LogP contribution >= 0.6 is 0 Å². The first-order chi connectivity index (χ1) is 14.0. The molecule has 2 aromatic carbocycles. The fraction of sp³-hybridized carbons (Fsp3) is 0.435. The number of methoxy groups -OCH3 is 3. The number of ether oxygens (including phenoxy) is 3. The SMILES string of the molecule is COc1ccc(CN2CCc3cc(OC)c(OC)cc3[C@H]2[C@H](C)NC(C)=O)cc1. The maximum Gasteiger partial charge on any atom is 0.217 e. The molecule has 2 aromatic rings. The van der Waals surface area contributed by atoms with E-state index in [1.54, 1.807) is 28.3 Å². The van der Waals surface area contributed by atoms with Crippen LogP contribution in [0.1, 0.15) is 36.6 Å². The highest BCUT2D eigenvalue weighted by Gasteiger charge is 2.33. The van der Waals surface area contributed by atoms with Crippen molar-refractivity contribution in [1.29, 1.82) is 0 Å². The van der Waals surface area contributed by atoms with E-state index in [-0.39, 0.29) is 18.0 Å². The third-order valence-electron chi connectivity index (χ3n) is 5.48. The summed E-state index contributed by atoms with van der Waals surface area (Å²) in [6.07, 6.45) is 0.912. The van der Waals surface area contributed by atoms with Crippen LogP contribution in [0.3, 0.4) is 0 Å². The molecule has 2 atom stereocenters. The van der Waals surface area contributed by atoms with Crippen LogP contribution in [-0.4, -0.2) is 44.7 Å². The van der Waals surface area contributed by atoms with Crippen LogP contribution in [0, 0.1) is 0 Å². The number of nitrogens with zero attached hydrogens (tertiary/aromatic N) is 1. The van der Waals surface area contributed by atoms with Gasteiger partial charge in [0.2, 0.25) is 5.91 Å². The standard InChI is InChI=1S/C23H30N2O4/c1-15(24-16(2)26)23-20-13-22(29-5)21(28-4)12-18(20)10-11-25(23)14-17-6-8-19(27-3)9-7-17/h6-9,12-13,15,23H,10-11,14H2,1-5H3,(H,24,26)/t15-,23+/m0/s1. The van der Waals surface area contributed by atoms with Crippen LogP contribution in [-0.2, 0) is 17.8 Å². The number of carbonyl (C=O) groups is 1. The molecule has 0 unspecified atom stereocenters. The Balaban J connectivity index is 1.96. The fourth-order valence-electron chi connectivity index (χ4n) is 4.16. The molecule has 1 amide bonds. The van der Waals surface area contributed by atoms with Crippen molar-refractivity contribution in [1.82, 2.24) is 10.2 Å². The third-order valence-corrected chi connectivity index (χ3v) is 5.48. The highest BCUT2D eigenvalue weighted by Crippen LogP contribution is 2.40. The van der Waals surface area contributed by atoms with Gasteiger partial charge < -0.3 is 19.5 Å². The minimum absolute atomic E-state index is 0.0320. The number of carbonyl (C=O) groups excluding carboxylic acids is 1. The van der Waals surface area contributed by atoms with Gasteiger partial charge in [-0.1, -0.05) is 12.1 Å². The average Bonchev–Trinajstić information content (AvgIpc) is 2.72. The predicted octanol–water partition coefficient (Wildman–Crippen LogP) is 3.34. The number of rotatable bonds is 7. The topological polar surface area (TPSA) is 60.0 Å². The molecular formula is C23H30N2O4. The molecule has 6 heteroatoms. The second-order valence-corrected chi connectivity index (χ2v) is 7.41. The number of hydrogen-bond donors (Lipinski definition) is 1. The van der Waals surface area contributed by atoms with Gasteiger partial charge in [0.15, 0.2) is 11.5 Å². The van der Waals surface area contributed by atoms with E-state index < -0.39 is 0 Å². The molecule has 3 rings (SSSR count). The summed E-state index contributed by atoms with van der Waals surface area (Å²) in [6, 6.07) is 12.2. The number of benzene rings is 2. The summed E-state index contributed by atoms with van der Waals surface area (Å²) < 4.78 is 16.3. The van der Waals surface area contributed by atoms with Gasteiger partial charge in [-0.25, -0.2) is 0 Å². The molecule has 1 aliphatic rings. The average molecular weight is 399 g/mol. The van der Waals surface area contributed by atoms with Crippen LogP contribution in [0.2, 0.25) is 0 Å². The van der Waals surface area contributed by atoms with Gasteiger partial charge >= 0.3 is 0 Å². The molecule has 0 saturated heterocycles. The molecule has 0 radical (unpaired) electrons. The van der Waals surface area contributed by atoms with Gasteiger partial charge in [0.25, 0.3) is 0 Å². The quantitative estimate of drug-likeness (QED) is 0.775. The largest absolute Gasteiger partial charge is 0.497 e. The lowest BCUT2D eigenvalue weighted by molar-refractivity contribution is -0.120. The molecule has 29 heavy (non-hydrogen) atoms. The first-order valence-corrected chi connectivity index (χ1v) is 9.85. The van der Waals surface area contributed by atoms with Gasteiger partial charge in [-0.3, -0.25) is 9.69 Å². The summed E-state index contributed by atoms with van der Waals surface area (Å²) in [5.74, 6) is 2.26. The van der Waals surface area contributed by atoms with Crippen molar-refractivity contribution < 1.29 is 19.0 Å². The molecule has 1 aliphatic heterocycles. The first kappa shape index (κ1) is 21.0. The molecule has 0 spiro atoms. The van der Waals surface area contributed by atoms with Crippen molar-refractivity contribution in [3.05, 3.63) is 53.1 Å². The van der Waals surface area contributed by atoms with Crippen molar-refractivity contribution in [2.75, 3.05) is 27.9 Å². The maximum atomic E-state index is 11.8. The van der Waals surface area contributed by atoms with Gasteiger partial charge in [0.1, 0.15) is 5.75 Å². The van der Waals surface area contributed by atoms with Crippen LogP contribution in [0.5, 0.6) is 17.2 Å². The van der Waals surface area contributed by atoms with Crippen molar-refractivity contribution in [3.8, 4) is 17.2 Å². The Kier molecular flexibility index (Phi) is 6.64. The van der Waals surface area contributed by atoms with Crippen LogP contribution < -0.4 is 19.5 Å². The number of fused-ring (bicyclic) bond motifs is 1. The van der Waals surface area contributed by atoms with Gasteiger partial charge in [0, 0.05) is 26.1 Å². The second-order valence-electron chi connectivity index (χ2n) is 7.41. The lowest BCUT2D eigenvalue weighted by Gasteiger charge is -2.41. The zero-order chi connectivity index (χ0) is 21.0. The summed E-state index contributed by atoms with van der Waals surface area (Å²) in [5, 5.41) is 3.08. The number of nitrogens with one attached hydrogen (secondary N) is 1. The summed E-state index contributed by atoms with van der Waals surface area (Å²) >= 11 is 0. The van der Waals surface area contributed by atoms with Crippen LogP contribution in [0.4, 0.5) is 0 Å². The number of hydrogen-bond acceptors (Lipinski definition) is 5. The molecule has 0 aliphatic carbocycles. The molecule has 0 aromatic heterocycles. The Hall–Kier alpha value is -2.73. The van der Waals surface area contributed by atoms with Gasteiger partial charge in [-0.05, 0) is 54.3 Å². The molecule has 6 nitrogen and oxygen atoms in total. The smallest absolute Gasteiger partial charge is 0.217 e. The van der Waals surface area contributed by atoms with Gasteiger partial charge in [-0.15, -0.1) is 0 Å². The number of amides is 1. The maximum absolute atomic E-state index is 11.8. The Bertz CT molecular complexity index is 851. The van der Waals surface area contributed by atoms with Crippen LogP contribution in [0.25, 0.3) is 0 Å². The van der Waals surface area contributed by atoms with Crippen molar-refractivity contribution in [2.45, 2.75) is 38.9 Å². The van der Waals surface area contributed by atoms with E-state index in [0.29, 0.717) is 5.75 Å². The monoisotopic (exact) mass is 398 g/mol. The summed E-state index contributed by atoms with van der Waals surface area (Å²) in [5.41, 5.74) is 3.61. The summed E-state index contributed by atoms with van der Waals surface area (Å²) in [4.78, 5) is 14.2. The Morgan fingerprint density at radius 2 is 1.76 bits per heavy atom. The van der Waals surface area contributed by atoms with Crippen LogP contribution in [0.15, 0.2) is 36.4 Å². The van der Waals surface area contributed by atoms with Gasteiger partial charge in [0.05, 0.1) is 27.4 Å². The van der Waals surface area contributed by atoms with E-state index in [4.69, 9.17) is 14.2 Å². The first-order valence-electron chi connectivity index (χ1n) is 9.85. The van der Waals surface area contributed by atoms with Crippen molar-refractivity contribution >= 4 is 5.91 Å². The van der Waals surface area contributed by atoms with Crippen molar-refractivity contribution in [2.24, 2.45) is 0 Å². The lowest BCUT2D eigenvalue weighted by atomic mass is 9.87. The Labute approximate surface area is 172 Å². The van der Waals surface area contributed by atoms with Crippen molar-refractivity contribution in [3.63, 3.8) is 0 Å². The molecule has 156 valence electrons. The minimum atomic E-state index is -0.0529. The Morgan fingerprint density at radius 1 is 1.10 bits per heavy atom. The van der Waals surface area contributed by atoms with E-state index in [2.05, 4.69) is 41.4 Å². The minimum Gasteiger partial charge on any atom is -0.497 e. The molecule has 0 bridgehead atoms. The Morgan fingerprint density at radius 3 is 2.34 bits per heavy atom. The molecular weight excluding hydrogens is 368 g/mol. The zero-order valence-electron chi connectivity index (χ0n) is 17.8. The van der Waals surface area contributed by atoms with E-state index in [9.17, 15) is 4.79 Å². The second kappa shape index (κ2) is 9.18. The molecule has 0 fully saturated rings. The molecule has 1 heterocycles. The summed E-state index contributed by atoms with van der Waals surface area (Å²) in [7, 11) is 4.97. The van der Waals surface area contributed by atoms with E-state index >= 15 is 0 Å².